The van der Waals surface area contributed by atoms with E-state index in [9.17, 15) is 4.79 Å². The number of hydrogen-bond donors (Lipinski definition) is 1. The summed E-state index contributed by atoms with van der Waals surface area (Å²) >= 11 is 0. The van der Waals surface area contributed by atoms with Gasteiger partial charge in [0.1, 0.15) is 12.4 Å². The zero-order chi connectivity index (χ0) is 23.1. The second-order valence-electron chi connectivity index (χ2n) is 9.25. The molecule has 1 aromatic carbocycles. The first-order valence-corrected chi connectivity index (χ1v) is 10.6. The number of hydrogen-bond acceptors (Lipinski definition) is 4. The first-order valence-electron chi connectivity index (χ1n) is 10.6. The van der Waals surface area contributed by atoms with Gasteiger partial charge in [0.15, 0.2) is 17.3 Å². The van der Waals surface area contributed by atoms with E-state index in [1.807, 2.05) is 33.0 Å². The van der Waals surface area contributed by atoms with Crippen LogP contribution in [0.1, 0.15) is 70.0 Å². The molecule has 0 spiro atoms. The minimum atomic E-state index is -0.764. The maximum atomic E-state index is 15.4. The Balaban J connectivity index is 1.98. The van der Waals surface area contributed by atoms with E-state index in [2.05, 4.69) is 20.8 Å². The van der Waals surface area contributed by atoms with Crippen LogP contribution in [0.5, 0.6) is 11.5 Å². The maximum Gasteiger partial charge on any atom is 0.250 e. The molecule has 1 N–H and O–H groups in total. The summed E-state index contributed by atoms with van der Waals surface area (Å²) in [4.78, 5) is 14.7. The predicted octanol–water partition coefficient (Wildman–Crippen LogP) is 4.94. The molecular weight excluding hydrogens is 397 g/mol. The van der Waals surface area contributed by atoms with Crippen LogP contribution in [0.2, 0.25) is 0 Å². The summed E-state index contributed by atoms with van der Waals surface area (Å²) in [5.74, 6) is -0.506. The molecule has 0 saturated heterocycles. The third-order valence-corrected chi connectivity index (χ3v) is 5.76. The molecule has 6 nitrogen and oxygen atoms in total. The lowest BCUT2D eigenvalue weighted by Crippen LogP contribution is -2.43. The van der Waals surface area contributed by atoms with Crippen LogP contribution in [0.4, 0.5) is 4.39 Å². The number of nitrogens with zero attached hydrogens (tertiary/aromatic N) is 2. The van der Waals surface area contributed by atoms with Crippen LogP contribution in [-0.4, -0.2) is 41.0 Å². The van der Waals surface area contributed by atoms with Gasteiger partial charge in [-0.3, -0.25) is 14.8 Å². The third-order valence-electron chi connectivity index (χ3n) is 5.76. The number of nitrogens with one attached hydrogen (secondary N) is 1. The Morgan fingerprint density at radius 3 is 2.39 bits per heavy atom. The Morgan fingerprint density at radius 1 is 1.19 bits per heavy atom. The number of aromatic nitrogens is 1. The molecule has 7 heteroatoms. The van der Waals surface area contributed by atoms with Gasteiger partial charge in [0.25, 0.3) is 0 Å². The summed E-state index contributed by atoms with van der Waals surface area (Å²) < 4.78 is 28.1. The van der Waals surface area contributed by atoms with Crippen molar-refractivity contribution in [3.05, 3.63) is 47.0 Å². The van der Waals surface area contributed by atoms with Gasteiger partial charge < -0.3 is 14.4 Å². The average molecular weight is 430 g/mol. The van der Waals surface area contributed by atoms with Crippen LogP contribution in [0.3, 0.4) is 0 Å². The fourth-order valence-corrected chi connectivity index (χ4v) is 3.91. The summed E-state index contributed by atoms with van der Waals surface area (Å²) in [6, 6.07) is 3.66. The highest BCUT2D eigenvalue weighted by atomic mass is 19.1. The molecule has 1 aliphatic rings. The van der Waals surface area contributed by atoms with Crippen LogP contribution < -0.4 is 9.47 Å². The number of rotatable bonds is 6. The molecule has 1 aliphatic heterocycles. The second kappa shape index (κ2) is 8.02. The van der Waals surface area contributed by atoms with Crippen molar-refractivity contribution in [2.24, 2.45) is 0 Å². The van der Waals surface area contributed by atoms with Crippen molar-refractivity contribution < 1.29 is 18.7 Å². The molecule has 2 aromatic rings. The van der Waals surface area contributed by atoms with Crippen LogP contribution in [-0.2, 0) is 11.0 Å². The lowest BCUT2D eigenvalue weighted by atomic mass is 9.89. The van der Waals surface area contributed by atoms with Crippen molar-refractivity contribution in [3.8, 4) is 11.5 Å². The van der Waals surface area contributed by atoms with E-state index in [1.165, 1.54) is 0 Å². The summed E-state index contributed by atoms with van der Waals surface area (Å²) in [7, 11) is 0. The van der Waals surface area contributed by atoms with Crippen molar-refractivity contribution in [2.45, 2.75) is 59.4 Å². The first kappa shape index (κ1) is 22.8. The quantitative estimate of drug-likeness (QED) is 0.706. The summed E-state index contributed by atoms with van der Waals surface area (Å²) in [5.41, 5.74) is 0.980. The standard InChI is InChI=1S/C24H32FN3O3/c1-8-30-17-12-16-19(20(25)21(17)31-9-2)22(26)28(24(16,6)7)14-18(29)27-11-10-15(13-27)23(3,4)5/h10-13,26H,8-9,14H2,1-7H3. The second-order valence-corrected chi connectivity index (χ2v) is 9.25. The van der Waals surface area contributed by atoms with Crippen LogP contribution in [0.15, 0.2) is 24.5 Å². The number of halogens is 1. The van der Waals surface area contributed by atoms with Gasteiger partial charge in [-0.25, -0.2) is 4.39 Å². The molecule has 1 aromatic heterocycles. The molecule has 0 atom stereocenters. The zero-order valence-corrected chi connectivity index (χ0v) is 19.4. The average Bonchev–Trinajstić information content (AvgIpc) is 3.24. The van der Waals surface area contributed by atoms with E-state index < -0.39 is 11.4 Å². The lowest BCUT2D eigenvalue weighted by molar-refractivity contribution is 0.0838. The molecule has 2 heterocycles. The minimum Gasteiger partial charge on any atom is -0.490 e. The Labute approximate surface area is 183 Å². The molecule has 0 radical (unpaired) electrons. The molecule has 0 fully saturated rings. The zero-order valence-electron chi connectivity index (χ0n) is 19.4. The largest absolute Gasteiger partial charge is 0.490 e. The monoisotopic (exact) mass is 429 g/mol. The van der Waals surface area contributed by atoms with Gasteiger partial charge >= 0.3 is 0 Å². The predicted molar refractivity (Wildman–Crippen MR) is 119 cm³/mol. The van der Waals surface area contributed by atoms with Gasteiger partial charge in [0.05, 0.1) is 24.3 Å². The highest BCUT2D eigenvalue weighted by Crippen LogP contribution is 2.46. The molecule has 0 unspecified atom stereocenters. The van der Waals surface area contributed by atoms with Crippen LogP contribution in [0.25, 0.3) is 0 Å². The molecule has 3 rings (SSSR count). The van der Waals surface area contributed by atoms with Gasteiger partial charge in [0, 0.05) is 12.4 Å². The Morgan fingerprint density at radius 2 is 1.84 bits per heavy atom. The van der Waals surface area contributed by atoms with Gasteiger partial charge in [0.2, 0.25) is 5.91 Å². The molecule has 168 valence electrons. The smallest absolute Gasteiger partial charge is 0.250 e. The Hall–Kier alpha value is -2.83. The van der Waals surface area contributed by atoms with E-state index in [4.69, 9.17) is 14.9 Å². The van der Waals surface area contributed by atoms with Crippen molar-refractivity contribution in [1.29, 1.82) is 5.41 Å². The number of benzene rings is 1. The van der Waals surface area contributed by atoms with Crippen LogP contribution in [0, 0.1) is 11.2 Å². The van der Waals surface area contributed by atoms with E-state index in [0.717, 1.165) is 5.56 Å². The SMILES string of the molecule is CCOc1cc2c(c(F)c1OCC)C(=N)N(CC(=O)n1ccc(C(C)(C)C)c1)C2(C)C. The summed E-state index contributed by atoms with van der Waals surface area (Å²) in [5, 5.41) is 8.67. The maximum absolute atomic E-state index is 15.4. The van der Waals surface area contributed by atoms with Crippen molar-refractivity contribution in [3.63, 3.8) is 0 Å². The number of carbonyl (C=O) groups is 1. The van der Waals surface area contributed by atoms with Crippen molar-refractivity contribution in [2.75, 3.05) is 19.8 Å². The van der Waals surface area contributed by atoms with E-state index in [0.29, 0.717) is 17.9 Å². The normalized spacial score (nSPS) is 15.2. The molecule has 0 aliphatic carbocycles. The fraction of sp³-hybridized carbons (Fsp3) is 0.500. The Kier molecular flexibility index (Phi) is 5.91. The molecular formula is C24H32FN3O3. The van der Waals surface area contributed by atoms with E-state index in [1.54, 1.807) is 28.7 Å². The lowest BCUT2D eigenvalue weighted by Gasteiger charge is -2.33. The van der Waals surface area contributed by atoms with Crippen LogP contribution >= 0.6 is 0 Å². The number of carbonyl (C=O) groups excluding carboxylic acids is 1. The van der Waals surface area contributed by atoms with Gasteiger partial charge in [-0.1, -0.05) is 20.8 Å². The summed E-state index contributed by atoms with van der Waals surface area (Å²) in [6.45, 7) is 14.2. The van der Waals surface area contributed by atoms with Crippen molar-refractivity contribution >= 4 is 11.7 Å². The fourth-order valence-electron chi connectivity index (χ4n) is 3.91. The molecule has 0 saturated carbocycles. The molecule has 0 amide bonds. The van der Waals surface area contributed by atoms with Crippen molar-refractivity contribution in [1.82, 2.24) is 9.47 Å². The van der Waals surface area contributed by atoms with Gasteiger partial charge in [-0.05, 0) is 56.4 Å². The highest BCUT2D eigenvalue weighted by molar-refractivity contribution is 6.04. The highest BCUT2D eigenvalue weighted by Gasteiger charge is 2.45. The van der Waals surface area contributed by atoms with E-state index >= 15 is 4.39 Å². The topological polar surface area (TPSA) is 67.6 Å². The third kappa shape index (κ3) is 3.93. The minimum absolute atomic E-state index is 0.0112. The van der Waals surface area contributed by atoms with Gasteiger partial charge in [-0.2, -0.15) is 0 Å². The first-order chi connectivity index (χ1) is 14.4. The number of ether oxygens (including phenoxy) is 2. The molecule has 31 heavy (non-hydrogen) atoms. The molecule has 0 bridgehead atoms. The number of fused-ring (bicyclic) bond motifs is 1. The Bertz CT molecular complexity index is 1020. The number of amidine groups is 1. The van der Waals surface area contributed by atoms with Gasteiger partial charge in [-0.15, -0.1) is 0 Å². The summed E-state index contributed by atoms with van der Waals surface area (Å²) in [6.07, 6.45) is 3.56. The van der Waals surface area contributed by atoms with E-state index in [-0.39, 0.29) is 41.6 Å².